The lowest BCUT2D eigenvalue weighted by atomic mass is 10.1. The number of hydrogen-bond donors (Lipinski definition) is 1. The second-order valence-corrected chi connectivity index (χ2v) is 7.62. The van der Waals surface area contributed by atoms with Crippen LogP contribution in [-0.4, -0.2) is 42.4 Å². The fourth-order valence-electron chi connectivity index (χ4n) is 3.00. The number of halogens is 4. The molecule has 0 radical (unpaired) electrons. The van der Waals surface area contributed by atoms with Crippen molar-refractivity contribution in [3.05, 3.63) is 49.4 Å². The molecule has 0 saturated heterocycles. The molecule has 4 rings (SSSR count). The van der Waals surface area contributed by atoms with Gasteiger partial charge in [0.05, 0.1) is 31.2 Å². The number of amides is 3. The Kier molecular flexibility index (Phi) is 5.25. The molecule has 2 aromatic rings. The van der Waals surface area contributed by atoms with Crippen molar-refractivity contribution in [1.82, 2.24) is 4.90 Å². The number of anilines is 1. The summed E-state index contributed by atoms with van der Waals surface area (Å²) in [5.41, 5.74) is 0.0596. The van der Waals surface area contributed by atoms with Crippen LogP contribution in [0.1, 0.15) is 20.7 Å². The lowest BCUT2D eigenvalue weighted by molar-refractivity contribution is -0.116. The first-order valence-corrected chi connectivity index (χ1v) is 9.72. The van der Waals surface area contributed by atoms with E-state index in [1.165, 1.54) is 0 Å². The third kappa shape index (κ3) is 3.38. The largest absolute Gasteiger partial charge is 0.486 e. The zero-order chi connectivity index (χ0) is 20.9. The van der Waals surface area contributed by atoms with Gasteiger partial charge in [0, 0.05) is 11.8 Å². The summed E-state index contributed by atoms with van der Waals surface area (Å²) in [6.45, 7) is 0.284. The second-order valence-electron chi connectivity index (χ2n) is 6.11. The summed E-state index contributed by atoms with van der Waals surface area (Å²) in [7, 11) is 0. The minimum absolute atomic E-state index is 0.138. The van der Waals surface area contributed by atoms with E-state index in [2.05, 4.69) is 5.32 Å². The molecule has 29 heavy (non-hydrogen) atoms. The van der Waals surface area contributed by atoms with Gasteiger partial charge in [-0.2, -0.15) is 0 Å². The molecule has 2 aromatic carbocycles. The third-order valence-corrected chi connectivity index (χ3v) is 6.11. The van der Waals surface area contributed by atoms with Crippen LogP contribution in [0.15, 0.2) is 18.2 Å². The van der Waals surface area contributed by atoms with Gasteiger partial charge >= 0.3 is 0 Å². The number of nitrogens with zero attached hydrogens (tertiary/aromatic N) is 1. The smallest absolute Gasteiger partial charge is 0.263 e. The van der Waals surface area contributed by atoms with Crippen molar-refractivity contribution < 1.29 is 23.9 Å². The molecule has 0 fully saturated rings. The van der Waals surface area contributed by atoms with Crippen LogP contribution in [0.25, 0.3) is 0 Å². The highest BCUT2D eigenvalue weighted by atomic mass is 35.5. The number of rotatable bonds is 3. The molecule has 11 heteroatoms. The van der Waals surface area contributed by atoms with Crippen LogP contribution in [0.5, 0.6) is 11.5 Å². The maximum atomic E-state index is 12.7. The van der Waals surface area contributed by atoms with Crippen LogP contribution in [0, 0.1) is 0 Å². The predicted octanol–water partition coefficient (Wildman–Crippen LogP) is 4.31. The summed E-state index contributed by atoms with van der Waals surface area (Å²) in [6.07, 6.45) is 0. The zero-order valence-corrected chi connectivity index (χ0v) is 17.4. The van der Waals surface area contributed by atoms with E-state index in [0.717, 1.165) is 4.90 Å². The van der Waals surface area contributed by atoms with Gasteiger partial charge in [0.2, 0.25) is 5.91 Å². The van der Waals surface area contributed by atoms with E-state index in [-0.39, 0.29) is 31.2 Å². The highest BCUT2D eigenvalue weighted by molar-refractivity contribution is 6.55. The van der Waals surface area contributed by atoms with Crippen molar-refractivity contribution in [2.24, 2.45) is 0 Å². The minimum Gasteiger partial charge on any atom is -0.486 e. The van der Waals surface area contributed by atoms with E-state index in [1.54, 1.807) is 18.2 Å². The van der Waals surface area contributed by atoms with Crippen molar-refractivity contribution >= 4 is 69.8 Å². The summed E-state index contributed by atoms with van der Waals surface area (Å²) in [5, 5.41) is 1.94. The van der Waals surface area contributed by atoms with Gasteiger partial charge in [-0.05, 0) is 12.1 Å². The first-order chi connectivity index (χ1) is 13.8. The fraction of sp³-hybridized carbons (Fsp3) is 0.167. The number of ether oxygens (including phenoxy) is 2. The Morgan fingerprint density at radius 3 is 2.03 bits per heavy atom. The van der Waals surface area contributed by atoms with E-state index in [0.29, 0.717) is 30.4 Å². The molecule has 0 aliphatic carbocycles. The normalized spacial score (nSPS) is 14.8. The first kappa shape index (κ1) is 20.1. The standard InChI is InChI=1S/C18H10Cl4N2O5/c19-13-11-12(14(20)16(22)15(13)21)18(27)24(17(11)26)6-10(25)23-7-1-2-8-9(5-7)29-4-3-28-8/h1-2,5H,3-4,6H2,(H,23,25). The van der Waals surface area contributed by atoms with Crippen LogP contribution in [0.3, 0.4) is 0 Å². The highest BCUT2D eigenvalue weighted by Crippen LogP contribution is 2.44. The molecule has 0 saturated carbocycles. The van der Waals surface area contributed by atoms with Crippen LogP contribution >= 0.6 is 46.4 Å². The summed E-state index contributed by atoms with van der Waals surface area (Å²) >= 11 is 24.1. The molecule has 0 spiro atoms. The molecule has 2 aliphatic rings. The Labute approximate surface area is 184 Å². The van der Waals surface area contributed by atoms with Crippen molar-refractivity contribution in [3.63, 3.8) is 0 Å². The summed E-state index contributed by atoms with van der Waals surface area (Å²) in [5.74, 6) is -1.13. The molecule has 2 heterocycles. The third-order valence-electron chi connectivity index (χ3n) is 4.31. The second kappa shape index (κ2) is 7.57. The molecule has 3 amide bonds. The van der Waals surface area contributed by atoms with Crippen LogP contribution in [0.4, 0.5) is 5.69 Å². The Morgan fingerprint density at radius 1 is 0.897 bits per heavy atom. The summed E-state index contributed by atoms with van der Waals surface area (Å²) in [4.78, 5) is 38.5. The molecule has 2 aliphatic heterocycles. The van der Waals surface area contributed by atoms with Crippen molar-refractivity contribution in [2.75, 3.05) is 25.1 Å². The van der Waals surface area contributed by atoms with E-state index in [4.69, 9.17) is 55.9 Å². The maximum Gasteiger partial charge on any atom is 0.263 e. The molecular formula is C18H10Cl4N2O5. The Balaban J connectivity index is 1.55. The number of carbonyl (C=O) groups excluding carboxylic acids is 3. The molecule has 1 N–H and O–H groups in total. The van der Waals surface area contributed by atoms with Gasteiger partial charge in [-0.15, -0.1) is 0 Å². The zero-order valence-electron chi connectivity index (χ0n) is 14.4. The minimum atomic E-state index is -0.784. The monoisotopic (exact) mass is 474 g/mol. The van der Waals surface area contributed by atoms with Gasteiger partial charge < -0.3 is 14.8 Å². The average Bonchev–Trinajstić information content (AvgIpc) is 2.95. The molecule has 0 bridgehead atoms. The average molecular weight is 476 g/mol. The van der Waals surface area contributed by atoms with Crippen LogP contribution in [0.2, 0.25) is 20.1 Å². The van der Waals surface area contributed by atoms with Crippen molar-refractivity contribution in [1.29, 1.82) is 0 Å². The molecule has 7 nitrogen and oxygen atoms in total. The van der Waals surface area contributed by atoms with Crippen molar-refractivity contribution in [2.45, 2.75) is 0 Å². The highest BCUT2D eigenvalue weighted by Gasteiger charge is 2.42. The lowest BCUT2D eigenvalue weighted by Gasteiger charge is -2.19. The lowest BCUT2D eigenvalue weighted by Crippen LogP contribution is -2.37. The Morgan fingerprint density at radius 2 is 1.45 bits per heavy atom. The van der Waals surface area contributed by atoms with E-state index >= 15 is 0 Å². The number of benzene rings is 2. The number of imide groups is 1. The van der Waals surface area contributed by atoms with Gasteiger partial charge in [0.25, 0.3) is 11.8 Å². The summed E-state index contributed by atoms with van der Waals surface area (Å²) in [6, 6.07) is 4.85. The summed E-state index contributed by atoms with van der Waals surface area (Å²) < 4.78 is 10.9. The Bertz CT molecular complexity index is 1040. The molecule has 0 unspecified atom stereocenters. The quantitative estimate of drug-likeness (QED) is 0.406. The number of carbonyl (C=O) groups is 3. The SMILES string of the molecule is O=C(CN1C(=O)c2c(Cl)c(Cl)c(Cl)c(Cl)c2C1=O)Nc1ccc2c(c1)OCCO2. The number of hydrogen-bond acceptors (Lipinski definition) is 5. The topological polar surface area (TPSA) is 84.9 Å². The fourth-order valence-corrected chi connectivity index (χ4v) is 4.02. The number of fused-ring (bicyclic) bond motifs is 2. The van der Waals surface area contributed by atoms with E-state index in [1.807, 2.05) is 0 Å². The van der Waals surface area contributed by atoms with Crippen molar-refractivity contribution in [3.8, 4) is 11.5 Å². The van der Waals surface area contributed by atoms with Crippen LogP contribution in [-0.2, 0) is 4.79 Å². The Hall–Kier alpha value is -2.19. The van der Waals surface area contributed by atoms with E-state index in [9.17, 15) is 14.4 Å². The van der Waals surface area contributed by atoms with Gasteiger partial charge in [-0.25, -0.2) is 0 Å². The molecular weight excluding hydrogens is 466 g/mol. The maximum absolute atomic E-state index is 12.7. The molecule has 150 valence electrons. The molecule has 0 aromatic heterocycles. The van der Waals surface area contributed by atoms with Crippen LogP contribution < -0.4 is 14.8 Å². The molecule has 0 atom stereocenters. The first-order valence-electron chi connectivity index (χ1n) is 8.21. The number of nitrogens with one attached hydrogen (secondary N) is 1. The van der Waals surface area contributed by atoms with Gasteiger partial charge in [0.1, 0.15) is 19.8 Å². The van der Waals surface area contributed by atoms with Gasteiger partial charge in [-0.3, -0.25) is 19.3 Å². The van der Waals surface area contributed by atoms with E-state index < -0.39 is 24.3 Å². The predicted molar refractivity (Wildman–Crippen MR) is 108 cm³/mol. The van der Waals surface area contributed by atoms with Gasteiger partial charge in [0.15, 0.2) is 11.5 Å². The van der Waals surface area contributed by atoms with Gasteiger partial charge in [-0.1, -0.05) is 46.4 Å².